The molecular formula is C19H13ClN4OS. The van der Waals surface area contributed by atoms with Gasteiger partial charge < -0.3 is 0 Å². The van der Waals surface area contributed by atoms with Crippen LogP contribution in [0.25, 0.3) is 16.9 Å². The van der Waals surface area contributed by atoms with Gasteiger partial charge in [0.05, 0.1) is 11.4 Å². The fourth-order valence-corrected chi connectivity index (χ4v) is 3.34. The molecular weight excluding hydrogens is 368 g/mol. The van der Waals surface area contributed by atoms with Gasteiger partial charge in [-0.2, -0.15) is 5.10 Å². The first-order valence-electron chi connectivity index (χ1n) is 7.83. The van der Waals surface area contributed by atoms with E-state index in [9.17, 15) is 4.79 Å². The second-order valence-corrected chi connectivity index (χ2v) is 6.78. The molecule has 0 unspecified atom stereocenters. The van der Waals surface area contributed by atoms with Gasteiger partial charge in [-0.25, -0.2) is 9.67 Å². The minimum Gasteiger partial charge on any atom is -0.296 e. The first-order valence-corrected chi connectivity index (χ1v) is 9.09. The fourth-order valence-electron chi connectivity index (χ4n) is 2.44. The minimum atomic E-state index is -0.306. The molecule has 4 rings (SSSR count). The zero-order valence-electron chi connectivity index (χ0n) is 13.5. The van der Waals surface area contributed by atoms with Crippen LogP contribution in [-0.4, -0.2) is 20.7 Å². The molecule has 1 amide bonds. The summed E-state index contributed by atoms with van der Waals surface area (Å²) in [6.45, 7) is 0. The highest BCUT2D eigenvalue weighted by atomic mass is 35.5. The van der Waals surface area contributed by atoms with Crippen LogP contribution in [0.3, 0.4) is 0 Å². The lowest BCUT2D eigenvalue weighted by Gasteiger charge is -2.01. The Bertz CT molecular complexity index is 1060. The van der Waals surface area contributed by atoms with Gasteiger partial charge in [-0.3, -0.25) is 10.1 Å². The smallest absolute Gasteiger partial charge is 0.277 e. The van der Waals surface area contributed by atoms with Crippen molar-refractivity contribution < 1.29 is 4.79 Å². The van der Waals surface area contributed by atoms with E-state index in [2.05, 4.69) is 15.4 Å². The maximum Gasteiger partial charge on any atom is 0.277 e. The highest BCUT2D eigenvalue weighted by Crippen LogP contribution is 2.25. The summed E-state index contributed by atoms with van der Waals surface area (Å²) in [6, 6.07) is 18.7. The van der Waals surface area contributed by atoms with Gasteiger partial charge in [0, 0.05) is 22.2 Å². The number of nitrogens with one attached hydrogen (secondary N) is 1. The van der Waals surface area contributed by atoms with E-state index in [1.54, 1.807) is 29.1 Å². The lowest BCUT2D eigenvalue weighted by atomic mass is 10.2. The standard InChI is InChI=1S/C19H13ClN4OS/c20-14-7-4-8-15(11-14)24-10-9-16(23-24)18(25)22-19-21-17(12-26-19)13-5-2-1-3-6-13/h1-12H,(H,21,22,25). The van der Waals surface area contributed by atoms with Gasteiger partial charge in [-0.1, -0.05) is 48.0 Å². The molecule has 0 atom stereocenters. The molecule has 0 saturated carbocycles. The number of halogens is 1. The number of carbonyl (C=O) groups is 1. The molecule has 0 fully saturated rings. The summed E-state index contributed by atoms with van der Waals surface area (Å²) in [4.78, 5) is 16.9. The van der Waals surface area contributed by atoms with Crippen molar-refractivity contribution in [2.24, 2.45) is 0 Å². The van der Waals surface area contributed by atoms with Crippen LogP contribution >= 0.6 is 22.9 Å². The van der Waals surface area contributed by atoms with E-state index in [4.69, 9.17) is 11.6 Å². The summed E-state index contributed by atoms with van der Waals surface area (Å²) in [5.41, 5.74) is 2.93. The number of thiazole rings is 1. The van der Waals surface area contributed by atoms with Gasteiger partial charge in [0.2, 0.25) is 0 Å². The predicted molar refractivity (Wildman–Crippen MR) is 104 cm³/mol. The maximum absolute atomic E-state index is 12.4. The first-order chi connectivity index (χ1) is 12.7. The van der Waals surface area contributed by atoms with E-state index in [0.717, 1.165) is 16.9 Å². The van der Waals surface area contributed by atoms with E-state index in [1.807, 2.05) is 47.8 Å². The van der Waals surface area contributed by atoms with Crippen LogP contribution in [0.15, 0.2) is 72.2 Å². The van der Waals surface area contributed by atoms with Gasteiger partial charge in [0.1, 0.15) is 0 Å². The number of carbonyl (C=O) groups excluding carboxylic acids is 1. The van der Waals surface area contributed by atoms with Crippen molar-refractivity contribution in [2.45, 2.75) is 0 Å². The number of hydrogen-bond acceptors (Lipinski definition) is 4. The van der Waals surface area contributed by atoms with Crippen LogP contribution in [0.5, 0.6) is 0 Å². The van der Waals surface area contributed by atoms with Crippen molar-refractivity contribution in [3.8, 4) is 16.9 Å². The molecule has 0 radical (unpaired) electrons. The maximum atomic E-state index is 12.4. The van der Waals surface area contributed by atoms with Crippen LogP contribution in [0, 0.1) is 0 Å². The van der Waals surface area contributed by atoms with Crippen LogP contribution < -0.4 is 5.32 Å². The van der Waals surface area contributed by atoms with E-state index in [0.29, 0.717) is 15.8 Å². The first kappa shape index (κ1) is 16.5. The van der Waals surface area contributed by atoms with Gasteiger partial charge in [0.25, 0.3) is 5.91 Å². The second kappa shape index (κ2) is 7.11. The third kappa shape index (κ3) is 3.51. The van der Waals surface area contributed by atoms with E-state index in [1.165, 1.54) is 11.3 Å². The Labute approximate surface area is 158 Å². The molecule has 0 saturated heterocycles. The number of aromatic nitrogens is 3. The average molecular weight is 381 g/mol. The van der Waals surface area contributed by atoms with Crippen molar-refractivity contribution in [3.63, 3.8) is 0 Å². The van der Waals surface area contributed by atoms with Gasteiger partial charge in [-0.05, 0) is 24.3 Å². The third-order valence-corrected chi connectivity index (χ3v) is 4.68. The molecule has 26 heavy (non-hydrogen) atoms. The molecule has 0 aliphatic heterocycles. The van der Waals surface area contributed by atoms with Crippen LogP contribution in [0.4, 0.5) is 5.13 Å². The minimum absolute atomic E-state index is 0.306. The second-order valence-electron chi connectivity index (χ2n) is 5.48. The fraction of sp³-hybridized carbons (Fsp3) is 0. The van der Waals surface area contributed by atoms with Gasteiger partial charge in [-0.15, -0.1) is 11.3 Å². The molecule has 0 bridgehead atoms. The average Bonchev–Trinajstić information content (AvgIpc) is 3.32. The number of amides is 1. The van der Waals surface area contributed by atoms with Crippen molar-refractivity contribution in [2.75, 3.05) is 5.32 Å². The highest BCUT2D eigenvalue weighted by Gasteiger charge is 2.13. The summed E-state index contributed by atoms with van der Waals surface area (Å²) in [5, 5.41) is 10.2. The van der Waals surface area contributed by atoms with Gasteiger partial charge in [0.15, 0.2) is 10.8 Å². The molecule has 0 spiro atoms. The predicted octanol–water partition coefficient (Wildman–Crippen LogP) is 4.90. The summed E-state index contributed by atoms with van der Waals surface area (Å²) in [5.74, 6) is -0.306. The highest BCUT2D eigenvalue weighted by molar-refractivity contribution is 7.14. The monoisotopic (exact) mass is 380 g/mol. The van der Waals surface area contributed by atoms with Gasteiger partial charge >= 0.3 is 0 Å². The largest absolute Gasteiger partial charge is 0.296 e. The molecule has 2 heterocycles. The molecule has 2 aromatic carbocycles. The summed E-state index contributed by atoms with van der Waals surface area (Å²) in [6.07, 6.45) is 1.72. The SMILES string of the molecule is O=C(Nc1nc(-c2ccccc2)cs1)c1ccn(-c2cccc(Cl)c2)n1. The quantitative estimate of drug-likeness (QED) is 0.547. The number of rotatable bonds is 4. The normalized spacial score (nSPS) is 10.7. The summed E-state index contributed by atoms with van der Waals surface area (Å²) in [7, 11) is 0. The van der Waals surface area contributed by atoms with Crippen LogP contribution in [0.1, 0.15) is 10.5 Å². The number of hydrogen-bond donors (Lipinski definition) is 1. The van der Waals surface area contributed by atoms with E-state index < -0.39 is 0 Å². The molecule has 1 N–H and O–H groups in total. The third-order valence-electron chi connectivity index (χ3n) is 3.69. The zero-order valence-corrected chi connectivity index (χ0v) is 15.0. The Hall–Kier alpha value is -2.96. The Morgan fingerprint density at radius 2 is 1.92 bits per heavy atom. The number of nitrogens with zero attached hydrogens (tertiary/aromatic N) is 3. The van der Waals surface area contributed by atoms with Crippen molar-refractivity contribution in [3.05, 3.63) is 83.0 Å². The van der Waals surface area contributed by atoms with Crippen LogP contribution in [0.2, 0.25) is 5.02 Å². The molecule has 7 heteroatoms. The Morgan fingerprint density at radius 1 is 1.08 bits per heavy atom. The molecule has 0 aliphatic carbocycles. The summed E-state index contributed by atoms with van der Waals surface area (Å²) < 4.78 is 1.61. The lowest BCUT2D eigenvalue weighted by Crippen LogP contribution is -2.13. The molecule has 4 aromatic rings. The van der Waals surface area contributed by atoms with Crippen molar-refractivity contribution >= 4 is 34.0 Å². The van der Waals surface area contributed by atoms with E-state index >= 15 is 0 Å². The number of anilines is 1. The van der Waals surface area contributed by atoms with E-state index in [-0.39, 0.29) is 5.91 Å². The van der Waals surface area contributed by atoms with Crippen molar-refractivity contribution in [1.29, 1.82) is 0 Å². The summed E-state index contributed by atoms with van der Waals surface area (Å²) >= 11 is 7.37. The Balaban J connectivity index is 1.50. The zero-order chi connectivity index (χ0) is 17.9. The molecule has 0 aliphatic rings. The lowest BCUT2D eigenvalue weighted by molar-refractivity contribution is 0.102. The Morgan fingerprint density at radius 3 is 2.73 bits per heavy atom. The topological polar surface area (TPSA) is 59.8 Å². The molecule has 128 valence electrons. The Kier molecular flexibility index (Phi) is 4.51. The van der Waals surface area contributed by atoms with Crippen molar-refractivity contribution in [1.82, 2.24) is 14.8 Å². The molecule has 5 nitrogen and oxygen atoms in total. The molecule has 2 aromatic heterocycles. The number of benzene rings is 2. The van der Waals surface area contributed by atoms with Crippen LogP contribution in [-0.2, 0) is 0 Å².